The largest absolute Gasteiger partial charge is 0.361 e. The SMILES string of the molecule is CCCC(=O)CN1c2ccccc2CCC1C. The maximum Gasteiger partial charge on any atom is 0.152 e. The van der Waals surface area contributed by atoms with Crippen LogP contribution in [0.5, 0.6) is 0 Å². The molecule has 0 fully saturated rings. The van der Waals surface area contributed by atoms with E-state index in [1.165, 1.54) is 11.3 Å². The van der Waals surface area contributed by atoms with Crippen molar-refractivity contribution in [1.82, 2.24) is 0 Å². The van der Waals surface area contributed by atoms with Crippen molar-refractivity contribution in [2.24, 2.45) is 0 Å². The quantitative estimate of drug-likeness (QED) is 0.793. The molecule has 0 radical (unpaired) electrons. The van der Waals surface area contributed by atoms with Crippen molar-refractivity contribution in [2.45, 2.75) is 45.6 Å². The fourth-order valence-electron chi connectivity index (χ4n) is 2.55. The molecule has 2 heteroatoms. The molecule has 0 saturated heterocycles. The summed E-state index contributed by atoms with van der Waals surface area (Å²) in [5.74, 6) is 0.357. The fraction of sp³-hybridized carbons (Fsp3) is 0.533. The normalized spacial score (nSPS) is 18.9. The van der Waals surface area contributed by atoms with Crippen LogP contribution < -0.4 is 4.90 Å². The first-order chi connectivity index (χ1) is 8.22. The summed E-state index contributed by atoms with van der Waals surface area (Å²) in [5.41, 5.74) is 2.64. The van der Waals surface area contributed by atoms with E-state index in [1.807, 2.05) is 0 Å². The number of nitrogens with zero attached hydrogens (tertiary/aromatic N) is 1. The lowest BCUT2D eigenvalue weighted by Crippen LogP contribution is -2.40. The topological polar surface area (TPSA) is 20.3 Å². The van der Waals surface area contributed by atoms with Crippen LogP contribution in [0.2, 0.25) is 0 Å². The molecule has 1 unspecified atom stereocenters. The number of anilines is 1. The Kier molecular flexibility index (Phi) is 3.82. The number of ketones is 1. The standard InChI is InChI=1S/C15H21NO/c1-3-6-14(17)11-16-12(2)9-10-13-7-4-5-8-15(13)16/h4-5,7-8,12H,3,6,9-11H2,1-2H3. The third-order valence-corrected chi connectivity index (χ3v) is 3.54. The Bertz CT molecular complexity index is 400. The molecule has 2 nitrogen and oxygen atoms in total. The third kappa shape index (κ3) is 2.68. The van der Waals surface area contributed by atoms with Gasteiger partial charge >= 0.3 is 0 Å². The highest BCUT2D eigenvalue weighted by Crippen LogP contribution is 2.30. The van der Waals surface area contributed by atoms with Crippen LogP contribution in [-0.4, -0.2) is 18.4 Å². The number of aryl methyl sites for hydroxylation is 1. The summed E-state index contributed by atoms with van der Waals surface area (Å²) in [5, 5.41) is 0. The van der Waals surface area contributed by atoms with Crippen LogP contribution in [-0.2, 0) is 11.2 Å². The van der Waals surface area contributed by atoms with E-state index in [0.717, 1.165) is 19.3 Å². The van der Waals surface area contributed by atoms with Gasteiger partial charge in [-0.1, -0.05) is 25.1 Å². The van der Waals surface area contributed by atoms with Crippen molar-refractivity contribution in [3.63, 3.8) is 0 Å². The van der Waals surface area contributed by atoms with Gasteiger partial charge in [-0.25, -0.2) is 0 Å². The van der Waals surface area contributed by atoms with Gasteiger partial charge in [-0.2, -0.15) is 0 Å². The molecule has 1 aliphatic heterocycles. The van der Waals surface area contributed by atoms with Crippen LogP contribution >= 0.6 is 0 Å². The monoisotopic (exact) mass is 231 g/mol. The zero-order valence-corrected chi connectivity index (χ0v) is 10.8. The summed E-state index contributed by atoms with van der Waals surface area (Å²) in [6.45, 7) is 4.85. The number of para-hydroxylation sites is 1. The summed E-state index contributed by atoms with van der Waals surface area (Å²) >= 11 is 0. The van der Waals surface area contributed by atoms with Crippen molar-refractivity contribution < 1.29 is 4.79 Å². The minimum atomic E-state index is 0.357. The summed E-state index contributed by atoms with van der Waals surface area (Å²) in [7, 11) is 0. The molecule has 1 atom stereocenters. The third-order valence-electron chi connectivity index (χ3n) is 3.54. The second kappa shape index (κ2) is 5.35. The van der Waals surface area contributed by atoms with Crippen molar-refractivity contribution in [3.8, 4) is 0 Å². The first kappa shape index (κ1) is 12.2. The molecule has 0 saturated carbocycles. The Morgan fingerprint density at radius 3 is 2.94 bits per heavy atom. The van der Waals surface area contributed by atoms with Crippen LogP contribution in [0, 0.1) is 0 Å². The zero-order chi connectivity index (χ0) is 12.3. The molecule has 0 amide bonds. The molecule has 0 aromatic heterocycles. The molecule has 1 aromatic carbocycles. The van der Waals surface area contributed by atoms with E-state index in [9.17, 15) is 4.79 Å². The number of rotatable bonds is 4. The number of carbonyl (C=O) groups is 1. The summed E-state index contributed by atoms with van der Waals surface area (Å²) in [6.07, 6.45) is 3.93. The van der Waals surface area contributed by atoms with Gasteiger partial charge in [0.1, 0.15) is 0 Å². The van der Waals surface area contributed by atoms with Gasteiger partial charge in [0.2, 0.25) is 0 Å². The van der Waals surface area contributed by atoms with E-state index < -0.39 is 0 Å². The van der Waals surface area contributed by atoms with Gasteiger partial charge in [-0.15, -0.1) is 0 Å². The summed E-state index contributed by atoms with van der Waals surface area (Å²) < 4.78 is 0. The molecular weight excluding hydrogens is 210 g/mol. The zero-order valence-electron chi connectivity index (χ0n) is 10.8. The molecule has 92 valence electrons. The molecule has 0 bridgehead atoms. The highest BCUT2D eigenvalue weighted by molar-refractivity contribution is 5.84. The minimum Gasteiger partial charge on any atom is -0.361 e. The van der Waals surface area contributed by atoms with E-state index in [1.54, 1.807) is 0 Å². The molecule has 0 spiro atoms. The lowest BCUT2D eigenvalue weighted by molar-refractivity contribution is -0.117. The average Bonchev–Trinajstić information content (AvgIpc) is 2.33. The van der Waals surface area contributed by atoms with E-state index in [0.29, 0.717) is 24.8 Å². The van der Waals surface area contributed by atoms with Crippen molar-refractivity contribution in [1.29, 1.82) is 0 Å². The van der Waals surface area contributed by atoms with Crippen LogP contribution in [0.15, 0.2) is 24.3 Å². The number of fused-ring (bicyclic) bond motifs is 1. The summed E-state index contributed by atoms with van der Waals surface area (Å²) in [6, 6.07) is 8.95. The Morgan fingerprint density at radius 2 is 2.18 bits per heavy atom. The maximum absolute atomic E-state index is 11.8. The Labute approximate surface area is 104 Å². The first-order valence-electron chi connectivity index (χ1n) is 6.58. The van der Waals surface area contributed by atoms with Gasteiger partial charge < -0.3 is 4.90 Å². The van der Waals surface area contributed by atoms with Gasteiger partial charge in [-0.05, 0) is 37.8 Å². The van der Waals surface area contributed by atoms with E-state index >= 15 is 0 Å². The van der Waals surface area contributed by atoms with Gasteiger partial charge in [0.25, 0.3) is 0 Å². The maximum atomic E-state index is 11.8. The van der Waals surface area contributed by atoms with Crippen LogP contribution in [0.25, 0.3) is 0 Å². The number of hydrogen-bond donors (Lipinski definition) is 0. The first-order valence-corrected chi connectivity index (χ1v) is 6.58. The molecule has 17 heavy (non-hydrogen) atoms. The van der Waals surface area contributed by atoms with Gasteiger partial charge in [-0.3, -0.25) is 4.79 Å². The van der Waals surface area contributed by atoms with E-state index in [2.05, 4.69) is 43.0 Å². The minimum absolute atomic E-state index is 0.357. The van der Waals surface area contributed by atoms with Crippen LogP contribution in [0.3, 0.4) is 0 Å². The number of carbonyl (C=O) groups excluding carboxylic acids is 1. The van der Waals surface area contributed by atoms with Gasteiger partial charge in [0.15, 0.2) is 5.78 Å². The van der Waals surface area contributed by atoms with Gasteiger partial charge in [0, 0.05) is 18.2 Å². The van der Waals surface area contributed by atoms with E-state index in [4.69, 9.17) is 0 Å². The predicted octanol–water partition coefficient (Wildman–Crippen LogP) is 3.20. The highest BCUT2D eigenvalue weighted by Gasteiger charge is 2.23. The molecule has 2 rings (SSSR count). The highest BCUT2D eigenvalue weighted by atomic mass is 16.1. The lowest BCUT2D eigenvalue weighted by atomic mass is 9.96. The predicted molar refractivity (Wildman–Crippen MR) is 71.5 cm³/mol. The molecule has 0 N–H and O–H groups in total. The second-order valence-electron chi connectivity index (χ2n) is 4.93. The van der Waals surface area contributed by atoms with Crippen LogP contribution in [0.4, 0.5) is 5.69 Å². The smallest absolute Gasteiger partial charge is 0.152 e. The summed E-state index contributed by atoms with van der Waals surface area (Å²) in [4.78, 5) is 14.1. The Hall–Kier alpha value is -1.31. The molecule has 1 aromatic rings. The van der Waals surface area contributed by atoms with Crippen molar-refractivity contribution in [3.05, 3.63) is 29.8 Å². The number of hydrogen-bond acceptors (Lipinski definition) is 2. The molecule has 1 heterocycles. The molecule has 1 aliphatic rings. The average molecular weight is 231 g/mol. The van der Waals surface area contributed by atoms with Crippen molar-refractivity contribution in [2.75, 3.05) is 11.4 Å². The lowest BCUT2D eigenvalue weighted by Gasteiger charge is -2.36. The number of benzene rings is 1. The molecule has 0 aliphatic carbocycles. The van der Waals surface area contributed by atoms with Gasteiger partial charge in [0.05, 0.1) is 6.54 Å². The Morgan fingerprint density at radius 1 is 1.41 bits per heavy atom. The van der Waals surface area contributed by atoms with E-state index in [-0.39, 0.29) is 0 Å². The fourth-order valence-corrected chi connectivity index (χ4v) is 2.55. The molecular formula is C15H21NO. The number of Topliss-reactive ketones (excluding diaryl/α,β-unsaturated/α-hetero) is 1. The van der Waals surface area contributed by atoms with Crippen molar-refractivity contribution >= 4 is 11.5 Å². The Balaban J connectivity index is 2.18. The second-order valence-corrected chi connectivity index (χ2v) is 4.93. The van der Waals surface area contributed by atoms with Crippen LogP contribution in [0.1, 0.15) is 38.7 Å².